The van der Waals surface area contributed by atoms with Crippen LogP contribution >= 0.6 is 23.2 Å². The molecule has 0 saturated carbocycles. The molecule has 0 amide bonds. The zero-order valence-electron chi connectivity index (χ0n) is 65.9. The second-order valence-electron chi connectivity index (χ2n) is 26.4. The van der Waals surface area contributed by atoms with Crippen LogP contribution in [-0.2, 0) is 51.4 Å². The van der Waals surface area contributed by atoms with Crippen LogP contribution in [0.3, 0.4) is 0 Å². The van der Waals surface area contributed by atoms with Crippen LogP contribution in [0.5, 0.6) is 40.2 Å². The molecule has 0 aliphatic carbocycles. The lowest BCUT2D eigenvalue weighted by Crippen LogP contribution is -2.26. The summed E-state index contributed by atoms with van der Waals surface area (Å²) in [5.41, 5.74) is 9.41. The highest BCUT2D eigenvalue weighted by Gasteiger charge is 2.21. The predicted octanol–water partition coefficient (Wildman–Crippen LogP) is 19.9. The molecule has 0 saturated heterocycles. The fourth-order valence-electron chi connectivity index (χ4n) is 10.8. The maximum absolute atomic E-state index is 13.1. The summed E-state index contributed by atoms with van der Waals surface area (Å²) in [5, 5.41) is 63.3. The molecule has 1 heterocycles. The predicted molar refractivity (Wildman–Crippen MR) is 434 cm³/mol. The van der Waals surface area contributed by atoms with Crippen LogP contribution in [0.15, 0.2) is 140 Å². The Hall–Kier alpha value is -6.70. The second-order valence-corrected chi connectivity index (χ2v) is 27.2. The number of fused-ring (bicyclic) bond motifs is 1. The maximum Gasteiger partial charge on any atom is 0.126 e. The van der Waals surface area contributed by atoms with Crippen LogP contribution in [0, 0.1) is 11.6 Å². The van der Waals surface area contributed by atoms with Gasteiger partial charge in [0.15, 0.2) is 0 Å². The number of rotatable bonds is 40. The van der Waals surface area contributed by atoms with Crippen molar-refractivity contribution in [1.82, 2.24) is 0 Å². The molecule has 1 aliphatic heterocycles. The van der Waals surface area contributed by atoms with Gasteiger partial charge in [-0.05, 0) is 217 Å². The number of para-hydroxylation sites is 3. The average Bonchev–Trinajstić information content (AvgIpc) is 0.818. The van der Waals surface area contributed by atoms with Crippen molar-refractivity contribution in [2.24, 2.45) is 0 Å². The summed E-state index contributed by atoms with van der Waals surface area (Å²) >= 11 is 11.8. The topological polar surface area (TPSA) is 206 Å². The fraction of sp³-hybridized carbons (Fsp3) is 0.528. The number of aryl methyl sites for hydroxylation is 8. The molecule has 7 N–H and O–H groups in total. The van der Waals surface area contributed by atoms with E-state index >= 15 is 0 Å². The third-order valence-electron chi connectivity index (χ3n) is 16.9. The van der Waals surface area contributed by atoms with Crippen LogP contribution in [-0.4, -0.2) is 126 Å². The normalized spacial score (nSPS) is 12.6. The quantitative estimate of drug-likeness (QED) is 0.0191. The number of hydrogen-bond acceptors (Lipinski definition) is 14. The van der Waals surface area contributed by atoms with E-state index in [1.165, 1.54) is 85.0 Å². The van der Waals surface area contributed by atoms with Gasteiger partial charge < -0.3 is 68.9 Å². The highest BCUT2D eigenvalue weighted by atomic mass is 35.5. The molecule has 0 bridgehead atoms. The largest absolute Gasteiger partial charge is 0.491 e. The second kappa shape index (κ2) is 61.1. The zero-order valence-corrected chi connectivity index (χ0v) is 67.4. The lowest BCUT2D eigenvalue weighted by molar-refractivity contribution is 0.0967. The number of ether oxygens (including phenoxy) is 7. The molecule has 598 valence electrons. The summed E-state index contributed by atoms with van der Waals surface area (Å²) in [4.78, 5) is 0. The number of hydrogen-bond donors (Lipinski definition) is 7. The minimum atomic E-state index is -0.305. The van der Waals surface area contributed by atoms with Gasteiger partial charge in [0.25, 0.3) is 0 Å². The van der Waals surface area contributed by atoms with E-state index in [-0.39, 0.29) is 88.9 Å². The number of benzene rings is 7. The van der Waals surface area contributed by atoms with Gasteiger partial charge in [0.05, 0.1) is 46.2 Å². The maximum atomic E-state index is 13.1. The molecule has 0 radical (unpaired) electrons. The molecule has 1 aliphatic rings. The van der Waals surface area contributed by atoms with E-state index in [4.69, 9.17) is 92.1 Å². The van der Waals surface area contributed by atoms with Gasteiger partial charge in [0.2, 0.25) is 0 Å². The minimum Gasteiger partial charge on any atom is -0.491 e. The molecule has 7 aromatic carbocycles. The van der Waals surface area contributed by atoms with Gasteiger partial charge >= 0.3 is 0 Å². The van der Waals surface area contributed by atoms with E-state index in [2.05, 4.69) is 78.8 Å². The van der Waals surface area contributed by atoms with Gasteiger partial charge in [-0.3, -0.25) is 0 Å². The Balaban J connectivity index is 0.000000424. The Labute approximate surface area is 650 Å². The first kappa shape index (κ1) is 96.4. The zero-order chi connectivity index (χ0) is 78.8. The first-order chi connectivity index (χ1) is 51.9. The Morgan fingerprint density at radius 2 is 0.692 bits per heavy atom. The van der Waals surface area contributed by atoms with E-state index in [1.807, 2.05) is 86.6 Å². The number of unbranched alkanes of at least 4 members (excludes halogenated alkanes) is 7. The Bertz CT molecular complexity index is 3220. The Morgan fingerprint density at radius 3 is 1.10 bits per heavy atom. The van der Waals surface area contributed by atoms with Gasteiger partial charge in [-0.25, -0.2) is 8.78 Å². The van der Waals surface area contributed by atoms with Crippen LogP contribution in [0.25, 0.3) is 0 Å². The molecule has 14 nitrogen and oxygen atoms in total. The Morgan fingerprint density at radius 1 is 0.374 bits per heavy atom. The smallest absolute Gasteiger partial charge is 0.126 e. The molecular weight excluding hydrogens is 1400 g/mol. The molecule has 4 atom stereocenters. The molecular formula is C89H130Cl2F2O14. The van der Waals surface area contributed by atoms with Crippen molar-refractivity contribution >= 4 is 23.2 Å². The molecule has 8 rings (SSSR count). The summed E-state index contributed by atoms with van der Waals surface area (Å²) < 4.78 is 64.8. The van der Waals surface area contributed by atoms with Gasteiger partial charge in [-0.2, -0.15) is 0 Å². The van der Waals surface area contributed by atoms with Crippen molar-refractivity contribution in [1.29, 1.82) is 0 Å². The van der Waals surface area contributed by atoms with Crippen molar-refractivity contribution in [3.05, 3.63) is 206 Å². The van der Waals surface area contributed by atoms with Gasteiger partial charge in [-0.1, -0.05) is 195 Å². The van der Waals surface area contributed by atoms with Gasteiger partial charge in [0, 0.05) is 22.2 Å². The fourth-order valence-corrected chi connectivity index (χ4v) is 11.1. The van der Waals surface area contributed by atoms with Crippen molar-refractivity contribution in [3.63, 3.8) is 0 Å². The van der Waals surface area contributed by atoms with E-state index in [0.717, 1.165) is 160 Å². The van der Waals surface area contributed by atoms with Gasteiger partial charge in [0.1, 0.15) is 96.1 Å². The molecule has 18 heteroatoms. The van der Waals surface area contributed by atoms with Crippen molar-refractivity contribution in [2.45, 2.75) is 241 Å². The lowest BCUT2D eigenvalue weighted by Gasteiger charge is -2.26. The number of aliphatic hydroxyl groups is 7. The summed E-state index contributed by atoms with van der Waals surface area (Å²) in [5.74, 6) is 4.95. The molecule has 0 aromatic heterocycles. The summed E-state index contributed by atoms with van der Waals surface area (Å²) in [7, 11) is 0. The van der Waals surface area contributed by atoms with Crippen LogP contribution in [0.2, 0.25) is 10.0 Å². The van der Waals surface area contributed by atoms with E-state index in [9.17, 15) is 8.78 Å². The molecule has 0 spiro atoms. The lowest BCUT2D eigenvalue weighted by atomic mass is 9.97. The van der Waals surface area contributed by atoms with Gasteiger partial charge in [-0.15, -0.1) is 0 Å². The summed E-state index contributed by atoms with van der Waals surface area (Å²) in [6.45, 7) is 21.7. The molecule has 4 unspecified atom stereocenters. The number of aliphatic hydroxyl groups excluding tert-OH is 7. The highest BCUT2D eigenvalue weighted by molar-refractivity contribution is 6.31. The van der Waals surface area contributed by atoms with Crippen molar-refractivity contribution in [2.75, 3.05) is 66.1 Å². The third kappa shape index (κ3) is 41.6. The van der Waals surface area contributed by atoms with E-state index in [0.29, 0.717) is 34.8 Å². The van der Waals surface area contributed by atoms with Crippen LogP contribution in [0.1, 0.15) is 210 Å². The number of halogens is 4. The molecule has 107 heavy (non-hydrogen) atoms. The summed E-state index contributed by atoms with van der Waals surface area (Å²) in [6.07, 6.45) is 24.2. The highest BCUT2D eigenvalue weighted by Crippen LogP contribution is 2.33. The minimum absolute atomic E-state index is 0.00437. The summed E-state index contributed by atoms with van der Waals surface area (Å²) in [6, 6.07) is 43.0. The SMILES string of the molecule is CCCCc1ccc(Cl)cc1OC(C)CO.CCCCc1ccc(Cl)cc1OCCO.CCCCc1ccc(F)cc1OC(C)CO.CCCCc1ccc(F)cc1OCCO.CCCCc1cccc2c1OC(CO)CC2.CCCCc1ccccc1OC(C)CO.CCCCc1ccccc1OCCO. The first-order valence-electron chi connectivity index (χ1n) is 39.1. The van der Waals surface area contributed by atoms with E-state index in [1.54, 1.807) is 19.1 Å². The third-order valence-corrected chi connectivity index (χ3v) is 17.3. The average molecular weight is 1530 g/mol. The van der Waals surface area contributed by atoms with Crippen LogP contribution in [0.4, 0.5) is 8.78 Å². The van der Waals surface area contributed by atoms with Crippen LogP contribution < -0.4 is 33.2 Å². The van der Waals surface area contributed by atoms with Crippen molar-refractivity contribution in [3.8, 4) is 40.2 Å². The monoisotopic (exact) mass is 1530 g/mol. The standard InChI is InChI=1S/C14H20O2.C13H19ClO2.C13H19FO2.C13H20O2.C12H17ClO2.C12H17FO2.C12H18O2/c1-2-3-5-11-6-4-7-12-8-9-13(10-15)16-14(11)12;2*1-3-4-5-11-6-7-12(14)8-13(11)16-10(2)9-15;1-3-4-7-12-8-5-6-9-13(12)15-11(2)10-14;2*1-2-3-4-10-5-6-11(13)9-12(10)15-8-7-14;1-2-3-6-11-7-4-5-8-12(11)14-10-9-13/h4,6-7,13,15H,2-3,5,8-10H2,1H3;2*6-8,10,15H,3-5,9H2,1-2H3;5-6,8-9,11,14H,3-4,7,10H2,1-2H3;2*5-6,9,14H,2-4,7-8H2,1H3;4-5,7-8,13H,2-3,6,9-10H2,1H3. The van der Waals surface area contributed by atoms with E-state index < -0.39 is 0 Å². The molecule has 7 aromatic rings. The molecule has 0 fully saturated rings. The Kier molecular flexibility index (Phi) is 55.0. The van der Waals surface area contributed by atoms with Crippen molar-refractivity contribution < 1.29 is 77.7 Å². The first-order valence-corrected chi connectivity index (χ1v) is 39.9.